The zero-order valence-electron chi connectivity index (χ0n) is 10.0. The summed E-state index contributed by atoms with van der Waals surface area (Å²) in [5, 5.41) is 8.71. The van der Waals surface area contributed by atoms with Crippen LogP contribution in [0.3, 0.4) is 0 Å². The van der Waals surface area contributed by atoms with Crippen LogP contribution in [-0.2, 0) is 9.53 Å². The Hall–Kier alpha value is -0.910. The number of morpholine rings is 1. The van der Waals surface area contributed by atoms with Crippen LogP contribution in [0.5, 0.6) is 0 Å². The van der Waals surface area contributed by atoms with E-state index in [0.29, 0.717) is 13.2 Å². The molecule has 2 rings (SSSR count). The number of hydrogen-bond acceptors (Lipinski definition) is 3. The molecule has 1 aromatic rings. The van der Waals surface area contributed by atoms with Crippen LogP contribution in [-0.4, -0.2) is 42.2 Å². The Balaban J connectivity index is 1.98. The smallest absolute Gasteiger partial charge is 0.304 e. The van der Waals surface area contributed by atoms with Crippen LogP contribution in [0.25, 0.3) is 0 Å². The first-order valence-corrected chi connectivity index (χ1v) is 6.76. The highest BCUT2D eigenvalue weighted by Gasteiger charge is 2.23. The lowest BCUT2D eigenvalue weighted by Gasteiger charge is -2.33. The summed E-state index contributed by atoms with van der Waals surface area (Å²) in [6, 6.07) is 7.99. The van der Waals surface area contributed by atoms with Gasteiger partial charge in [0.05, 0.1) is 19.1 Å². The SMILES string of the molecule is O=C(O)CCN1CCO[C@@H](c2ccccc2Br)C1. The minimum Gasteiger partial charge on any atom is -0.481 e. The molecule has 0 unspecified atom stereocenters. The predicted octanol–water partition coefficient (Wildman–Crippen LogP) is 2.30. The molecule has 1 fully saturated rings. The van der Waals surface area contributed by atoms with E-state index in [0.717, 1.165) is 23.1 Å². The van der Waals surface area contributed by atoms with Gasteiger partial charge in [0, 0.05) is 24.1 Å². The molecule has 1 N–H and O–H groups in total. The highest BCUT2D eigenvalue weighted by atomic mass is 79.9. The third-order valence-corrected chi connectivity index (χ3v) is 3.77. The molecule has 98 valence electrons. The first-order valence-electron chi connectivity index (χ1n) is 5.97. The van der Waals surface area contributed by atoms with Crippen LogP contribution in [0, 0.1) is 0 Å². The molecule has 0 saturated carbocycles. The second kappa shape index (κ2) is 6.31. The summed E-state index contributed by atoms with van der Waals surface area (Å²) in [6.45, 7) is 2.77. The molecular weight excluding hydrogens is 298 g/mol. The number of ether oxygens (including phenoxy) is 1. The van der Waals surface area contributed by atoms with Crippen LogP contribution in [0.1, 0.15) is 18.1 Å². The average molecular weight is 314 g/mol. The zero-order chi connectivity index (χ0) is 13.0. The average Bonchev–Trinajstić information content (AvgIpc) is 2.37. The Bertz CT molecular complexity index is 424. The Kier molecular flexibility index (Phi) is 4.74. The fourth-order valence-electron chi connectivity index (χ4n) is 2.08. The van der Waals surface area contributed by atoms with E-state index in [-0.39, 0.29) is 12.5 Å². The summed E-state index contributed by atoms with van der Waals surface area (Å²) in [7, 11) is 0. The van der Waals surface area contributed by atoms with E-state index in [9.17, 15) is 4.79 Å². The van der Waals surface area contributed by atoms with Gasteiger partial charge in [-0.2, -0.15) is 0 Å². The van der Waals surface area contributed by atoms with Crippen molar-refractivity contribution in [2.45, 2.75) is 12.5 Å². The number of halogens is 1. The van der Waals surface area contributed by atoms with Crippen LogP contribution < -0.4 is 0 Å². The van der Waals surface area contributed by atoms with Crippen molar-refractivity contribution in [3.63, 3.8) is 0 Å². The molecule has 0 aromatic heterocycles. The molecule has 18 heavy (non-hydrogen) atoms. The summed E-state index contributed by atoms with van der Waals surface area (Å²) in [5.41, 5.74) is 1.12. The molecule has 1 aromatic carbocycles. The van der Waals surface area contributed by atoms with Gasteiger partial charge in [-0.15, -0.1) is 0 Å². The van der Waals surface area contributed by atoms with E-state index in [1.165, 1.54) is 0 Å². The summed E-state index contributed by atoms with van der Waals surface area (Å²) in [5.74, 6) is -0.751. The van der Waals surface area contributed by atoms with Gasteiger partial charge < -0.3 is 9.84 Å². The number of aliphatic carboxylic acids is 1. The Morgan fingerprint density at radius 3 is 3.00 bits per heavy atom. The largest absolute Gasteiger partial charge is 0.481 e. The first-order chi connectivity index (χ1) is 8.66. The quantitative estimate of drug-likeness (QED) is 0.926. The molecule has 1 saturated heterocycles. The fourth-order valence-corrected chi connectivity index (χ4v) is 2.62. The minimum atomic E-state index is -0.751. The molecule has 0 bridgehead atoms. The van der Waals surface area contributed by atoms with Crippen molar-refractivity contribution in [1.82, 2.24) is 4.90 Å². The number of carboxylic acids is 1. The maximum absolute atomic E-state index is 10.6. The fraction of sp³-hybridized carbons (Fsp3) is 0.462. The van der Waals surface area contributed by atoms with Gasteiger partial charge in [-0.25, -0.2) is 0 Å². The molecule has 0 radical (unpaired) electrons. The van der Waals surface area contributed by atoms with Crippen molar-refractivity contribution in [3.05, 3.63) is 34.3 Å². The Morgan fingerprint density at radius 1 is 1.50 bits per heavy atom. The maximum Gasteiger partial charge on any atom is 0.304 e. The summed E-state index contributed by atoms with van der Waals surface area (Å²) < 4.78 is 6.80. The van der Waals surface area contributed by atoms with Gasteiger partial charge in [0.25, 0.3) is 0 Å². The lowest BCUT2D eigenvalue weighted by Crippen LogP contribution is -2.39. The second-order valence-electron chi connectivity index (χ2n) is 4.33. The first kappa shape index (κ1) is 13.5. The number of hydrogen-bond donors (Lipinski definition) is 1. The minimum absolute atomic E-state index is 0.0168. The molecule has 1 heterocycles. The predicted molar refractivity (Wildman–Crippen MR) is 71.5 cm³/mol. The van der Waals surface area contributed by atoms with E-state index in [1.807, 2.05) is 24.3 Å². The second-order valence-corrected chi connectivity index (χ2v) is 5.18. The van der Waals surface area contributed by atoms with Gasteiger partial charge in [-0.1, -0.05) is 34.1 Å². The molecule has 1 aliphatic heterocycles. The molecule has 5 heteroatoms. The monoisotopic (exact) mass is 313 g/mol. The number of benzene rings is 1. The van der Waals surface area contributed by atoms with E-state index in [2.05, 4.69) is 20.8 Å². The molecular formula is C13H16BrNO3. The van der Waals surface area contributed by atoms with Crippen LogP contribution in [0.15, 0.2) is 28.7 Å². The third kappa shape index (κ3) is 3.54. The van der Waals surface area contributed by atoms with Crippen molar-refractivity contribution >= 4 is 21.9 Å². The molecule has 0 aliphatic carbocycles. The van der Waals surface area contributed by atoms with Crippen LogP contribution in [0.2, 0.25) is 0 Å². The van der Waals surface area contributed by atoms with Crippen molar-refractivity contribution in [2.24, 2.45) is 0 Å². The standard InChI is InChI=1S/C13H16BrNO3/c14-11-4-2-1-3-10(11)12-9-15(7-8-18-12)6-5-13(16)17/h1-4,12H,5-9H2,(H,16,17)/t12-/m1/s1. The van der Waals surface area contributed by atoms with Gasteiger partial charge in [0.2, 0.25) is 0 Å². The van der Waals surface area contributed by atoms with Crippen molar-refractivity contribution in [3.8, 4) is 0 Å². The lowest BCUT2D eigenvalue weighted by atomic mass is 10.1. The molecule has 0 amide bonds. The zero-order valence-corrected chi connectivity index (χ0v) is 11.6. The van der Waals surface area contributed by atoms with Crippen molar-refractivity contribution in [2.75, 3.05) is 26.2 Å². The van der Waals surface area contributed by atoms with Crippen LogP contribution in [0.4, 0.5) is 0 Å². The molecule has 1 atom stereocenters. The van der Waals surface area contributed by atoms with Crippen molar-refractivity contribution in [1.29, 1.82) is 0 Å². The number of carbonyl (C=O) groups is 1. The number of rotatable bonds is 4. The third-order valence-electron chi connectivity index (χ3n) is 3.04. The van der Waals surface area contributed by atoms with Gasteiger partial charge in [-0.05, 0) is 11.6 Å². The van der Waals surface area contributed by atoms with E-state index >= 15 is 0 Å². The van der Waals surface area contributed by atoms with Crippen LogP contribution >= 0.6 is 15.9 Å². The molecule has 0 spiro atoms. The van der Waals surface area contributed by atoms with E-state index in [4.69, 9.17) is 9.84 Å². The number of carboxylic acid groups (broad SMARTS) is 1. The molecule has 1 aliphatic rings. The maximum atomic E-state index is 10.6. The summed E-state index contributed by atoms with van der Waals surface area (Å²) in [6.07, 6.45) is 0.200. The van der Waals surface area contributed by atoms with Gasteiger partial charge in [0.1, 0.15) is 0 Å². The summed E-state index contributed by atoms with van der Waals surface area (Å²) >= 11 is 3.52. The normalized spacial score (nSPS) is 20.8. The molecule has 4 nitrogen and oxygen atoms in total. The number of nitrogens with zero attached hydrogens (tertiary/aromatic N) is 1. The highest BCUT2D eigenvalue weighted by molar-refractivity contribution is 9.10. The van der Waals surface area contributed by atoms with E-state index in [1.54, 1.807) is 0 Å². The topological polar surface area (TPSA) is 49.8 Å². The Labute approximate surface area is 115 Å². The van der Waals surface area contributed by atoms with Gasteiger partial charge in [-0.3, -0.25) is 9.69 Å². The van der Waals surface area contributed by atoms with E-state index < -0.39 is 5.97 Å². The summed E-state index contributed by atoms with van der Waals surface area (Å²) in [4.78, 5) is 12.7. The van der Waals surface area contributed by atoms with Crippen molar-refractivity contribution < 1.29 is 14.6 Å². The highest BCUT2D eigenvalue weighted by Crippen LogP contribution is 2.28. The lowest BCUT2D eigenvalue weighted by molar-refractivity contribution is -0.137. The van der Waals surface area contributed by atoms with Gasteiger partial charge >= 0.3 is 5.97 Å². The Morgan fingerprint density at radius 2 is 2.28 bits per heavy atom. The van der Waals surface area contributed by atoms with Gasteiger partial charge in [0.15, 0.2) is 0 Å².